The molecule has 0 atom stereocenters. The lowest BCUT2D eigenvalue weighted by Gasteiger charge is -2.21. The first-order valence-corrected chi connectivity index (χ1v) is 8.11. The molecule has 136 valence electrons. The van der Waals surface area contributed by atoms with Crippen molar-refractivity contribution < 1.29 is 9.59 Å². The second-order valence-electron chi connectivity index (χ2n) is 5.53. The van der Waals surface area contributed by atoms with Gasteiger partial charge in [-0.3, -0.25) is 4.79 Å². The van der Waals surface area contributed by atoms with E-state index in [1.54, 1.807) is 31.2 Å². The maximum atomic E-state index is 12.8. The summed E-state index contributed by atoms with van der Waals surface area (Å²) >= 11 is 0. The van der Waals surface area contributed by atoms with Gasteiger partial charge in [-0.25, -0.2) is 9.79 Å². The van der Waals surface area contributed by atoms with Gasteiger partial charge in [-0.1, -0.05) is 18.2 Å². The number of urea groups is 1. The van der Waals surface area contributed by atoms with Crippen molar-refractivity contribution in [2.45, 2.75) is 20.3 Å². The van der Waals surface area contributed by atoms with E-state index in [1.807, 2.05) is 13.0 Å². The normalized spacial score (nSPS) is 15.3. The van der Waals surface area contributed by atoms with E-state index in [1.165, 1.54) is 11.2 Å². The highest BCUT2D eigenvalue weighted by Gasteiger charge is 2.24. The topological polar surface area (TPSA) is 112 Å². The van der Waals surface area contributed by atoms with Crippen LogP contribution in [0.5, 0.6) is 0 Å². The Morgan fingerprint density at radius 1 is 1.35 bits per heavy atom. The lowest BCUT2D eigenvalue weighted by atomic mass is 10.00. The van der Waals surface area contributed by atoms with E-state index >= 15 is 0 Å². The Morgan fingerprint density at radius 2 is 2.04 bits per heavy atom. The van der Waals surface area contributed by atoms with E-state index in [2.05, 4.69) is 27.4 Å². The van der Waals surface area contributed by atoms with Crippen LogP contribution in [0.15, 0.2) is 63.5 Å². The SMILES string of the molecule is C=NN(C(=O)C1=CN=C(N)/C(=C(/C)NC(=O)NCC)C1)c1ccccc1. The van der Waals surface area contributed by atoms with Crippen molar-refractivity contribution in [1.29, 1.82) is 0 Å². The highest BCUT2D eigenvalue weighted by molar-refractivity contribution is 6.09. The molecule has 8 nitrogen and oxygen atoms in total. The van der Waals surface area contributed by atoms with Gasteiger partial charge in [-0.2, -0.15) is 10.1 Å². The molecule has 0 unspecified atom stereocenters. The number of amides is 3. The minimum atomic E-state index is -0.356. The van der Waals surface area contributed by atoms with Gasteiger partial charge in [0.25, 0.3) is 5.91 Å². The first-order chi connectivity index (χ1) is 12.5. The van der Waals surface area contributed by atoms with E-state index in [0.29, 0.717) is 29.1 Å². The monoisotopic (exact) mass is 354 g/mol. The van der Waals surface area contributed by atoms with Gasteiger partial charge in [0, 0.05) is 42.7 Å². The Balaban J connectivity index is 2.24. The molecule has 0 spiro atoms. The molecule has 2 rings (SSSR count). The summed E-state index contributed by atoms with van der Waals surface area (Å²) in [5.41, 5.74) is 8.03. The smallest absolute Gasteiger partial charge is 0.318 e. The average molecular weight is 354 g/mol. The number of hydrazone groups is 1. The molecule has 8 heteroatoms. The highest BCUT2D eigenvalue weighted by atomic mass is 16.2. The van der Waals surface area contributed by atoms with Gasteiger partial charge in [0.15, 0.2) is 0 Å². The lowest BCUT2D eigenvalue weighted by molar-refractivity contribution is -0.115. The minimum Gasteiger partial charge on any atom is -0.383 e. The molecule has 0 radical (unpaired) electrons. The number of hydrogen-bond acceptors (Lipinski definition) is 5. The number of carbonyl (C=O) groups excluding carboxylic acids is 2. The lowest BCUT2D eigenvalue weighted by Crippen LogP contribution is -2.36. The molecular weight excluding hydrogens is 332 g/mol. The van der Waals surface area contributed by atoms with Crippen LogP contribution in [0, 0.1) is 0 Å². The van der Waals surface area contributed by atoms with E-state index in [-0.39, 0.29) is 24.2 Å². The largest absolute Gasteiger partial charge is 0.383 e. The number of nitrogens with zero attached hydrogens (tertiary/aromatic N) is 3. The summed E-state index contributed by atoms with van der Waals surface area (Å²) in [6.45, 7) is 7.50. The Bertz CT molecular complexity index is 795. The number of aliphatic imine (C=N–C) groups is 1. The van der Waals surface area contributed by atoms with Crippen LogP contribution < -0.4 is 21.4 Å². The van der Waals surface area contributed by atoms with E-state index < -0.39 is 0 Å². The van der Waals surface area contributed by atoms with Crippen LogP contribution in [-0.4, -0.2) is 31.0 Å². The van der Waals surface area contributed by atoms with Crippen LogP contribution in [0.1, 0.15) is 20.3 Å². The standard InChI is InChI=1S/C18H22N6O2/c1-4-21-18(26)23-12(2)15-10-13(11-22-16(15)19)17(25)24(20-3)14-8-6-5-7-9-14/h5-9,11H,3-4,10H2,1-2H3,(H2,19,22)(H2,21,23,26)/b15-12-. The molecule has 0 saturated carbocycles. The van der Waals surface area contributed by atoms with Gasteiger partial charge in [0.1, 0.15) is 5.84 Å². The molecule has 1 heterocycles. The van der Waals surface area contributed by atoms with Gasteiger partial charge in [0.2, 0.25) is 0 Å². The Labute approximate surface area is 152 Å². The van der Waals surface area contributed by atoms with Gasteiger partial charge in [0.05, 0.1) is 5.69 Å². The number of hydrogen-bond donors (Lipinski definition) is 3. The predicted octanol–water partition coefficient (Wildman–Crippen LogP) is 1.87. The summed E-state index contributed by atoms with van der Waals surface area (Å²) in [6.07, 6.45) is 1.65. The summed E-state index contributed by atoms with van der Waals surface area (Å²) in [5, 5.41) is 10.3. The summed E-state index contributed by atoms with van der Waals surface area (Å²) in [6, 6.07) is 8.62. The number of nitrogens with two attached hydrogens (primary N) is 1. The highest BCUT2D eigenvalue weighted by Crippen LogP contribution is 2.24. The third-order valence-corrected chi connectivity index (χ3v) is 3.74. The fourth-order valence-corrected chi connectivity index (χ4v) is 2.43. The molecule has 1 aliphatic rings. The molecule has 0 saturated heterocycles. The number of rotatable bonds is 5. The van der Waals surface area contributed by atoms with Crippen molar-refractivity contribution >= 4 is 30.2 Å². The second-order valence-corrected chi connectivity index (χ2v) is 5.53. The molecule has 1 aromatic rings. The number of carbonyl (C=O) groups is 2. The van der Waals surface area contributed by atoms with Gasteiger partial charge in [-0.15, -0.1) is 0 Å². The Kier molecular flexibility index (Phi) is 6.26. The maximum absolute atomic E-state index is 12.8. The zero-order valence-corrected chi connectivity index (χ0v) is 14.8. The summed E-state index contributed by atoms with van der Waals surface area (Å²) in [7, 11) is 0. The van der Waals surface area contributed by atoms with Crippen molar-refractivity contribution in [2.24, 2.45) is 15.8 Å². The van der Waals surface area contributed by atoms with Crippen LogP contribution in [0.4, 0.5) is 10.5 Å². The van der Waals surface area contributed by atoms with Gasteiger partial charge < -0.3 is 16.4 Å². The molecule has 0 bridgehead atoms. The van der Waals surface area contributed by atoms with Crippen molar-refractivity contribution in [3.05, 3.63) is 53.4 Å². The molecule has 26 heavy (non-hydrogen) atoms. The number of nitrogens with one attached hydrogen (secondary N) is 2. The van der Waals surface area contributed by atoms with Crippen molar-refractivity contribution in [3.63, 3.8) is 0 Å². The quantitative estimate of drug-likeness (QED) is 0.554. The first-order valence-electron chi connectivity index (χ1n) is 8.11. The summed E-state index contributed by atoms with van der Waals surface area (Å²) in [4.78, 5) is 28.6. The molecule has 0 fully saturated rings. The van der Waals surface area contributed by atoms with Crippen LogP contribution in [0.2, 0.25) is 0 Å². The minimum absolute atomic E-state index is 0.227. The average Bonchev–Trinajstić information content (AvgIpc) is 2.63. The zero-order valence-electron chi connectivity index (χ0n) is 14.8. The van der Waals surface area contributed by atoms with Crippen molar-refractivity contribution in [1.82, 2.24) is 10.6 Å². The van der Waals surface area contributed by atoms with Crippen molar-refractivity contribution in [3.8, 4) is 0 Å². The van der Waals surface area contributed by atoms with Gasteiger partial charge in [-0.05, 0) is 26.0 Å². The molecule has 0 aliphatic carbocycles. The molecule has 1 aliphatic heterocycles. The van der Waals surface area contributed by atoms with E-state index in [4.69, 9.17) is 5.73 Å². The van der Waals surface area contributed by atoms with Crippen molar-refractivity contribution in [2.75, 3.05) is 11.6 Å². The fourth-order valence-electron chi connectivity index (χ4n) is 2.43. The summed E-state index contributed by atoms with van der Waals surface area (Å²) < 4.78 is 0. The molecule has 3 amide bonds. The number of amidine groups is 1. The Hall–Kier alpha value is -3.42. The van der Waals surface area contributed by atoms with Crippen LogP contribution in [0.25, 0.3) is 0 Å². The Morgan fingerprint density at radius 3 is 2.65 bits per heavy atom. The predicted molar refractivity (Wildman–Crippen MR) is 103 cm³/mol. The number of benzene rings is 1. The third-order valence-electron chi connectivity index (χ3n) is 3.74. The third kappa shape index (κ3) is 4.35. The molecule has 0 aromatic heterocycles. The number of para-hydroxylation sites is 1. The van der Waals surface area contributed by atoms with Crippen LogP contribution >= 0.6 is 0 Å². The molecule has 4 N–H and O–H groups in total. The van der Waals surface area contributed by atoms with Crippen LogP contribution in [0.3, 0.4) is 0 Å². The number of anilines is 1. The zero-order chi connectivity index (χ0) is 19.1. The molecular formula is C18H22N6O2. The maximum Gasteiger partial charge on any atom is 0.318 e. The van der Waals surface area contributed by atoms with E-state index in [9.17, 15) is 9.59 Å². The van der Waals surface area contributed by atoms with Gasteiger partial charge >= 0.3 is 6.03 Å². The first kappa shape index (κ1) is 18.9. The van der Waals surface area contributed by atoms with Crippen LogP contribution in [-0.2, 0) is 4.79 Å². The molecule has 1 aromatic carbocycles. The fraction of sp³-hybridized carbons (Fsp3) is 0.222. The second kappa shape index (κ2) is 8.61. The number of allylic oxidation sites excluding steroid dienone is 1. The summed E-state index contributed by atoms with van der Waals surface area (Å²) in [5.74, 6) is -0.0977. The van der Waals surface area contributed by atoms with E-state index in [0.717, 1.165) is 0 Å².